The third-order valence-electron chi connectivity index (χ3n) is 4.92. The zero-order valence-electron chi connectivity index (χ0n) is 12.2. The fraction of sp³-hybridized carbons (Fsp3) is 0.471. The van der Waals surface area contributed by atoms with Crippen LogP contribution in [0.15, 0.2) is 30.5 Å². The molecule has 0 radical (unpaired) electrons. The molecule has 2 aliphatic rings. The number of aromatic amines is 1. The molecular weight excluding hydrogens is 262 g/mol. The van der Waals surface area contributed by atoms with E-state index in [9.17, 15) is 4.79 Å². The normalized spacial score (nSPS) is 23.2. The minimum Gasteiger partial charge on any atom is -0.361 e. The average Bonchev–Trinajstić information content (AvgIpc) is 3.01. The first-order valence-corrected chi connectivity index (χ1v) is 7.92. The summed E-state index contributed by atoms with van der Waals surface area (Å²) >= 11 is 0. The Morgan fingerprint density at radius 2 is 2.10 bits per heavy atom. The van der Waals surface area contributed by atoms with Crippen LogP contribution in [0, 0.1) is 0 Å². The van der Waals surface area contributed by atoms with Crippen molar-refractivity contribution in [1.29, 1.82) is 0 Å². The van der Waals surface area contributed by atoms with E-state index >= 15 is 0 Å². The van der Waals surface area contributed by atoms with E-state index in [2.05, 4.69) is 9.88 Å². The zero-order chi connectivity index (χ0) is 14.2. The van der Waals surface area contributed by atoms with Crippen molar-refractivity contribution in [3.8, 4) is 0 Å². The lowest BCUT2D eigenvalue weighted by Crippen LogP contribution is -2.56. The van der Waals surface area contributed by atoms with E-state index in [0.717, 1.165) is 36.1 Å². The maximum Gasteiger partial charge on any atom is 0.253 e. The summed E-state index contributed by atoms with van der Waals surface area (Å²) < 4.78 is 0. The van der Waals surface area contributed by atoms with Crippen LogP contribution in [0.5, 0.6) is 0 Å². The summed E-state index contributed by atoms with van der Waals surface area (Å²) in [5.41, 5.74) is 1.90. The maximum absolute atomic E-state index is 12.7. The second-order valence-corrected chi connectivity index (χ2v) is 6.22. The quantitative estimate of drug-likeness (QED) is 0.873. The standard InChI is InChI=1S/C17H21N3O/c21-17(14-4-5-16-13(11-14)6-7-18-16)20-10-9-19-8-2-1-3-15(19)12-20/h4-7,11,15,18H,1-3,8-10,12H2. The number of H-pyrrole nitrogens is 1. The van der Waals surface area contributed by atoms with Gasteiger partial charge in [-0.25, -0.2) is 0 Å². The van der Waals surface area contributed by atoms with Crippen molar-refractivity contribution in [1.82, 2.24) is 14.8 Å². The monoisotopic (exact) mass is 283 g/mol. The maximum atomic E-state index is 12.7. The Labute approximate surface area is 124 Å². The van der Waals surface area contributed by atoms with Gasteiger partial charge in [0.1, 0.15) is 0 Å². The van der Waals surface area contributed by atoms with E-state index in [1.54, 1.807) is 0 Å². The van der Waals surface area contributed by atoms with Crippen molar-refractivity contribution in [2.24, 2.45) is 0 Å². The number of nitrogens with zero attached hydrogens (tertiary/aromatic N) is 2. The molecule has 4 heteroatoms. The number of hydrogen-bond acceptors (Lipinski definition) is 2. The Kier molecular flexibility index (Phi) is 3.19. The van der Waals surface area contributed by atoms with Crippen molar-refractivity contribution in [3.05, 3.63) is 36.0 Å². The number of nitrogens with one attached hydrogen (secondary N) is 1. The number of aromatic nitrogens is 1. The topological polar surface area (TPSA) is 39.3 Å². The summed E-state index contributed by atoms with van der Waals surface area (Å²) in [5, 5.41) is 1.11. The first-order chi connectivity index (χ1) is 10.3. The van der Waals surface area contributed by atoms with Crippen molar-refractivity contribution < 1.29 is 4.79 Å². The molecule has 3 heterocycles. The number of piperidine rings is 1. The molecule has 2 aliphatic heterocycles. The number of fused-ring (bicyclic) bond motifs is 2. The van der Waals surface area contributed by atoms with Crippen LogP contribution in [-0.2, 0) is 0 Å². The highest BCUT2D eigenvalue weighted by Gasteiger charge is 2.31. The number of piperazine rings is 1. The van der Waals surface area contributed by atoms with Gasteiger partial charge in [-0.3, -0.25) is 9.69 Å². The Morgan fingerprint density at radius 3 is 3.05 bits per heavy atom. The van der Waals surface area contributed by atoms with Gasteiger partial charge in [0.2, 0.25) is 0 Å². The highest BCUT2D eigenvalue weighted by Crippen LogP contribution is 2.23. The van der Waals surface area contributed by atoms with Gasteiger partial charge in [-0.1, -0.05) is 6.42 Å². The van der Waals surface area contributed by atoms with Gasteiger partial charge in [0.05, 0.1) is 0 Å². The van der Waals surface area contributed by atoms with E-state index in [-0.39, 0.29) is 5.91 Å². The van der Waals surface area contributed by atoms with Crippen LogP contribution in [0.1, 0.15) is 29.6 Å². The van der Waals surface area contributed by atoms with E-state index < -0.39 is 0 Å². The lowest BCUT2D eigenvalue weighted by Gasteiger charge is -2.44. The first-order valence-electron chi connectivity index (χ1n) is 7.92. The van der Waals surface area contributed by atoms with Gasteiger partial charge in [0.25, 0.3) is 5.91 Å². The van der Waals surface area contributed by atoms with Crippen LogP contribution in [0.2, 0.25) is 0 Å². The summed E-state index contributed by atoms with van der Waals surface area (Å²) in [5.74, 6) is 0.184. The molecule has 2 aromatic rings. The molecule has 0 bridgehead atoms. The van der Waals surface area contributed by atoms with Gasteiger partial charge in [0, 0.05) is 48.3 Å². The molecule has 0 spiro atoms. The molecule has 1 aromatic carbocycles. The molecule has 1 unspecified atom stereocenters. The molecule has 4 rings (SSSR count). The fourth-order valence-corrected chi connectivity index (χ4v) is 3.71. The van der Waals surface area contributed by atoms with Gasteiger partial charge in [-0.05, 0) is 43.7 Å². The highest BCUT2D eigenvalue weighted by atomic mass is 16.2. The predicted molar refractivity (Wildman–Crippen MR) is 83.4 cm³/mol. The lowest BCUT2D eigenvalue weighted by atomic mass is 9.99. The minimum atomic E-state index is 0.184. The second kappa shape index (κ2) is 5.19. The molecule has 0 aliphatic carbocycles. The predicted octanol–water partition coefficient (Wildman–Crippen LogP) is 2.48. The molecule has 4 nitrogen and oxygen atoms in total. The molecule has 2 saturated heterocycles. The molecule has 2 fully saturated rings. The third-order valence-corrected chi connectivity index (χ3v) is 4.92. The summed E-state index contributed by atoms with van der Waals surface area (Å²) in [7, 11) is 0. The van der Waals surface area contributed by atoms with Crippen LogP contribution < -0.4 is 0 Å². The molecule has 1 atom stereocenters. The van der Waals surface area contributed by atoms with E-state index in [4.69, 9.17) is 0 Å². The molecule has 1 N–H and O–H groups in total. The largest absolute Gasteiger partial charge is 0.361 e. The average molecular weight is 283 g/mol. The molecule has 1 amide bonds. The Bertz CT molecular complexity index is 663. The summed E-state index contributed by atoms with van der Waals surface area (Å²) in [6, 6.07) is 8.54. The number of amides is 1. The van der Waals surface area contributed by atoms with Gasteiger partial charge in [-0.15, -0.1) is 0 Å². The van der Waals surface area contributed by atoms with E-state index in [1.165, 1.54) is 25.8 Å². The van der Waals surface area contributed by atoms with Crippen molar-refractivity contribution in [2.45, 2.75) is 25.3 Å². The SMILES string of the molecule is O=C(c1ccc2[nH]ccc2c1)N1CCN2CCCCC2C1. The Hall–Kier alpha value is -1.81. The van der Waals surface area contributed by atoms with E-state index in [1.807, 2.05) is 35.4 Å². The number of carbonyl (C=O) groups is 1. The van der Waals surface area contributed by atoms with Gasteiger partial charge < -0.3 is 9.88 Å². The molecule has 21 heavy (non-hydrogen) atoms. The molecule has 0 saturated carbocycles. The summed E-state index contributed by atoms with van der Waals surface area (Å²) in [4.78, 5) is 20.5. The molecule has 110 valence electrons. The smallest absolute Gasteiger partial charge is 0.253 e. The van der Waals surface area contributed by atoms with Crippen LogP contribution in [0.4, 0.5) is 0 Å². The second-order valence-electron chi connectivity index (χ2n) is 6.22. The van der Waals surface area contributed by atoms with Crippen molar-refractivity contribution >= 4 is 16.8 Å². The van der Waals surface area contributed by atoms with Crippen LogP contribution in [0.3, 0.4) is 0 Å². The zero-order valence-corrected chi connectivity index (χ0v) is 12.2. The summed E-state index contributed by atoms with van der Waals surface area (Å²) in [6.07, 6.45) is 5.77. The van der Waals surface area contributed by atoms with Crippen LogP contribution >= 0.6 is 0 Å². The Morgan fingerprint density at radius 1 is 1.14 bits per heavy atom. The highest BCUT2D eigenvalue weighted by molar-refractivity contribution is 5.98. The fourth-order valence-electron chi connectivity index (χ4n) is 3.71. The molecular formula is C17H21N3O. The van der Waals surface area contributed by atoms with Gasteiger partial charge in [0.15, 0.2) is 0 Å². The minimum absolute atomic E-state index is 0.184. The van der Waals surface area contributed by atoms with Crippen molar-refractivity contribution in [2.75, 3.05) is 26.2 Å². The van der Waals surface area contributed by atoms with Gasteiger partial charge in [-0.2, -0.15) is 0 Å². The first kappa shape index (κ1) is 12.9. The van der Waals surface area contributed by atoms with Crippen LogP contribution in [0.25, 0.3) is 10.9 Å². The van der Waals surface area contributed by atoms with Gasteiger partial charge >= 0.3 is 0 Å². The number of carbonyl (C=O) groups excluding carboxylic acids is 1. The van der Waals surface area contributed by atoms with Crippen molar-refractivity contribution in [3.63, 3.8) is 0 Å². The summed E-state index contributed by atoms with van der Waals surface area (Å²) in [6.45, 7) is 4.00. The third kappa shape index (κ3) is 2.33. The van der Waals surface area contributed by atoms with Crippen LogP contribution in [-0.4, -0.2) is 52.9 Å². The number of hydrogen-bond donors (Lipinski definition) is 1. The van der Waals surface area contributed by atoms with E-state index in [0.29, 0.717) is 6.04 Å². The molecule has 1 aromatic heterocycles. The number of rotatable bonds is 1. The Balaban J connectivity index is 1.53. The lowest BCUT2D eigenvalue weighted by molar-refractivity contribution is 0.0372. The number of benzene rings is 1.